The average molecular weight is 889 g/mol. The Morgan fingerprint density at radius 3 is 2.00 bits per heavy atom. The van der Waals surface area contributed by atoms with Crippen molar-refractivity contribution in [1.29, 1.82) is 0 Å². The fourth-order valence-corrected chi connectivity index (χ4v) is 11.8. The lowest BCUT2D eigenvalue weighted by Gasteiger charge is -2.30. The molecule has 15 heteroatoms. The quantitative estimate of drug-likeness (QED) is 0.102. The highest BCUT2D eigenvalue weighted by molar-refractivity contribution is 7.18. The number of fused-ring (bicyclic) bond motifs is 2. The van der Waals surface area contributed by atoms with Gasteiger partial charge in [-0.2, -0.15) is 0 Å². The van der Waals surface area contributed by atoms with Crippen LogP contribution in [-0.2, 0) is 31.9 Å². The zero-order chi connectivity index (χ0) is 44.9. The van der Waals surface area contributed by atoms with E-state index in [0.717, 1.165) is 77.3 Å². The molecule has 64 heavy (non-hydrogen) atoms. The third kappa shape index (κ3) is 8.27. The Morgan fingerprint density at radius 1 is 0.750 bits per heavy atom. The lowest BCUT2D eigenvalue weighted by Crippen LogP contribution is -2.51. The van der Waals surface area contributed by atoms with Gasteiger partial charge in [0.1, 0.15) is 23.7 Å². The molecule has 5 heterocycles. The van der Waals surface area contributed by atoms with Gasteiger partial charge in [0.15, 0.2) is 0 Å². The summed E-state index contributed by atoms with van der Waals surface area (Å²) in [5.41, 5.74) is 9.50. The zero-order valence-electron chi connectivity index (χ0n) is 37.7. The lowest BCUT2D eigenvalue weighted by atomic mass is 9.83. The van der Waals surface area contributed by atoms with E-state index >= 15 is 0 Å². The number of likely N-dealkylation sites (tertiary alicyclic amines) is 2. The number of ether oxygens (including phenoxy) is 2. The van der Waals surface area contributed by atoms with Crippen LogP contribution in [0.15, 0.2) is 48.7 Å². The van der Waals surface area contributed by atoms with Crippen molar-refractivity contribution in [2.75, 3.05) is 27.3 Å². The number of methoxy groups -OCH3 is 2. The molecule has 1 spiro atoms. The summed E-state index contributed by atoms with van der Waals surface area (Å²) in [5, 5.41) is 5.48. The number of nitrogens with zero attached hydrogens (tertiary/aromatic N) is 4. The highest BCUT2D eigenvalue weighted by atomic mass is 32.1. The third-order valence-electron chi connectivity index (χ3n) is 14.2. The van der Waals surface area contributed by atoms with E-state index in [0.29, 0.717) is 18.5 Å². The molecular weight excluding hydrogens is 829 g/mol. The molecule has 3 fully saturated rings. The fourth-order valence-electron chi connectivity index (χ4n) is 10.8. The lowest BCUT2D eigenvalue weighted by molar-refractivity contribution is -0.136. The highest BCUT2D eigenvalue weighted by Crippen LogP contribution is 2.52. The van der Waals surface area contributed by atoms with Crippen molar-refractivity contribution < 1.29 is 28.7 Å². The molecule has 0 radical (unpaired) electrons. The molecule has 0 bridgehead atoms. The predicted octanol–water partition coefficient (Wildman–Crippen LogP) is 9.10. The van der Waals surface area contributed by atoms with Crippen LogP contribution >= 0.6 is 11.3 Å². The van der Waals surface area contributed by atoms with Gasteiger partial charge in [-0.15, -0.1) is 11.3 Å². The van der Waals surface area contributed by atoms with E-state index in [4.69, 9.17) is 19.4 Å². The van der Waals surface area contributed by atoms with E-state index in [1.165, 1.54) is 67.0 Å². The molecule has 2 aliphatic carbocycles. The number of carbonyl (C=O) groups is 4. The van der Waals surface area contributed by atoms with Crippen LogP contribution in [0.1, 0.15) is 114 Å². The number of carbonyl (C=O) groups excluding carboxylic acids is 4. The van der Waals surface area contributed by atoms with Crippen molar-refractivity contribution in [3.63, 3.8) is 0 Å². The Bertz CT molecular complexity index is 2570. The van der Waals surface area contributed by atoms with Gasteiger partial charge in [0.25, 0.3) is 0 Å². The number of aromatic nitrogens is 4. The monoisotopic (exact) mass is 888 g/mol. The second kappa shape index (κ2) is 17.7. The van der Waals surface area contributed by atoms with Crippen molar-refractivity contribution in [3.8, 4) is 32.1 Å². The summed E-state index contributed by atoms with van der Waals surface area (Å²) in [6.45, 7) is 8.88. The molecule has 14 nitrogen and oxygen atoms in total. The Labute approximate surface area is 378 Å². The summed E-state index contributed by atoms with van der Waals surface area (Å²) in [7, 11) is 2.61. The summed E-state index contributed by atoms with van der Waals surface area (Å²) < 4.78 is 9.65. The summed E-state index contributed by atoms with van der Waals surface area (Å²) in [5.74, 6) is 1.04. The number of amides is 4. The van der Waals surface area contributed by atoms with Crippen LogP contribution in [0, 0.1) is 17.3 Å². The number of thiophene rings is 1. The first kappa shape index (κ1) is 43.5. The molecule has 2 saturated heterocycles. The maximum atomic E-state index is 13.9. The fraction of sp³-hybridized carbons (Fsp3) is 0.510. The maximum Gasteiger partial charge on any atom is 0.407 e. The van der Waals surface area contributed by atoms with Gasteiger partial charge < -0.3 is 39.9 Å². The summed E-state index contributed by atoms with van der Waals surface area (Å²) >= 11 is 1.73. The SMILES string of the molecule is COC(=O)N[C@H](C(=O)N1CCC[C@H]1c1ncc(-c2ccc(-c3cc4c(c(-c5ccc6nc([C@@H]7CCCN7C(=O)[C@@H](NC(=O)OC)C(C)C)[nH]c6c5)c3)CC3(CCCC3)C4)s2)[nH]1)C(C)C. The molecule has 4 aliphatic rings. The molecule has 4 atom stereocenters. The minimum absolute atomic E-state index is 0.108. The molecule has 5 aromatic rings. The second-order valence-corrected chi connectivity index (χ2v) is 20.1. The molecule has 1 saturated carbocycles. The molecule has 9 rings (SSSR count). The van der Waals surface area contributed by atoms with Crippen LogP contribution in [0.4, 0.5) is 9.59 Å². The smallest absolute Gasteiger partial charge is 0.407 e. The third-order valence-corrected chi connectivity index (χ3v) is 15.3. The normalized spacial score (nSPS) is 20.1. The van der Waals surface area contributed by atoms with Gasteiger partial charge in [-0.1, -0.05) is 52.7 Å². The Morgan fingerprint density at radius 2 is 1.38 bits per heavy atom. The largest absolute Gasteiger partial charge is 0.453 e. The van der Waals surface area contributed by atoms with E-state index in [9.17, 15) is 19.2 Å². The molecule has 4 N–H and O–H groups in total. The Hall–Kier alpha value is -5.70. The Kier molecular flexibility index (Phi) is 12.0. The van der Waals surface area contributed by atoms with Gasteiger partial charge in [0, 0.05) is 18.0 Å². The zero-order valence-corrected chi connectivity index (χ0v) is 38.5. The predicted molar refractivity (Wildman–Crippen MR) is 246 cm³/mol. The second-order valence-electron chi connectivity index (χ2n) is 19.0. The van der Waals surface area contributed by atoms with E-state index in [2.05, 4.69) is 63.1 Å². The number of imidazole rings is 2. The van der Waals surface area contributed by atoms with Gasteiger partial charge in [-0.05, 0) is 127 Å². The summed E-state index contributed by atoms with van der Waals surface area (Å²) in [4.78, 5) is 74.8. The highest BCUT2D eigenvalue weighted by Gasteiger charge is 2.42. The van der Waals surface area contributed by atoms with Crippen LogP contribution in [-0.4, -0.2) is 93.1 Å². The maximum absolute atomic E-state index is 13.9. The van der Waals surface area contributed by atoms with Gasteiger partial charge in [0.05, 0.1) is 54.1 Å². The van der Waals surface area contributed by atoms with Crippen molar-refractivity contribution in [1.82, 2.24) is 40.4 Å². The minimum atomic E-state index is -0.694. The minimum Gasteiger partial charge on any atom is -0.453 e. The standard InChI is InChI=1S/C49H60N8O6S/c1-27(2)41(54-47(60)62-5)45(58)56-19-9-11-37(56)43-50-26-36(53-43)40-16-15-39(64-40)30-21-31-24-49(17-7-8-18-49)25-33(31)32(22-30)29-13-14-34-35(23-29)52-44(51-34)38-12-10-20-57(38)46(59)42(28(3)4)55-48(61)63-6/h13-16,21-23,26-28,37-38,41-42H,7-12,17-20,24-25H2,1-6H3,(H,50,53)(H,51,52)(H,54,60)(H,55,61)/t37-,38-,41-,42-/m0/s1. The van der Waals surface area contributed by atoms with E-state index in [1.54, 1.807) is 11.3 Å². The van der Waals surface area contributed by atoms with Gasteiger partial charge in [-0.3, -0.25) is 9.59 Å². The van der Waals surface area contributed by atoms with Gasteiger partial charge in [0.2, 0.25) is 11.8 Å². The van der Waals surface area contributed by atoms with E-state index < -0.39 is 24.3 Å². The topological polar surface area (TPSA) is 175 Å². The van der Waals surface area contributed by atoms with Crippen LogP contribution in [0.5, 0.6) is 0 Å². The molecule has 2 aromatic carbocycles. The van der Waals surface area contributed by atoms with Crippen LogP contribution in [0.3, 0.4) is 0 Å². The summed E-state index contributed by atoms with van der Waals surface area (Å²) in [6, 6.07) is 13.8. The number of rotatable bonds is 11. The van der Waals surface area contributed by atoms with E-state index in [1.807, 2.05) is 43.7 Å². The van der Waals surface area contributed by atoms with Crippen molar-refractivity contribution in [2.24, 2.45) is 17.3 Å². The summed E-state index contributed by atoms with van der Waals surface area (Å²) in [6.07, 6.45) is 11.2. The molecule has 338 valence electrons. The van der Waals surface area contributed by atoms with Crippen LogP contribution in [0.25, 0.3) is 43.2 Å². The van der Waals surface area contributed by atoms with E-state index in [-0.39, 0.29) is 35.7 Å². The number of benzene rings is 2. The number of alkyl carbamates (subject to hydrolysis) is 2. The number of hydrogen-bond donors (Lipinski definition) is 4. The van der Waals surface area contributed by atoms with Crippen molar-refractivity contribution in [2.45, 2.75) is 116 Å². The number of nitrogens with one attached hydrogen (secondary N) is 4. The first-order valence-electron chi connectivity index (χ1n) is 23.0. The first-order valence-corrected chi connectivity index (χ1v) is 23.8. The number of H-pyrrole nitrogens is 2. The number of hydrogen-bond acceptors (Lipinski definition) is 9. The van der Waals surface area contributed by atoms with Crippen molar-refractivity contribution in [3.05, 3.63) is 71.4 Å². The first-order chi connectivity index (χ1) is 30.8. The molecule has 2 aliphatic heterocycles. The molecule has 0 unspecified atom stereocenters. The average Bonchev–Trinajstić information content (AvgIpc) is 4.15. The molecule has 4 amide bonds. The Balaban J connectivity index is 0.994. The van der Waals surface area contributed by atoms with Crippen LogP contribution < -0.4 is 10.6 Å². The van der Waals surface area contributed by atoms with Gasteiger partial charge >= 0.3 is 12.2 Å². The number of aromatic amines is 2. The molecule has 3 aromatic heterocycles. The molecular formula is C49H60N8O6S. The van der Waals surface area contributed by atoms with Gasteiger partial charge in [-0.25, -0.2) is 19.6 Å². The van der Waals surface area contributed by atoms with Crippen LogP contribution in [0.2, 0.25) is 0 Å². The van der Waals surface area contributed by atoms with Crippen molar-refractivity contribution >= 4 is 46.4 Å².